The van der Waals surface area contributed by atoms with Gasteiger partial charge in [-0.25, -0.2) is 4.39 Å². The minimum atomic E-state index is -0.627. The standard InChI is InChI=1S/C19H21FN2O4/c1-25-16-8-7-13(11-17(16)26-2)9-10-21-18(23)12-22-19(24)14-5-3-4-6-15(14)20/h3-8,11H,9-10,12H2,1-2H3,(H,21,23)(H,22,24). The third-order valence-corrected chi connectivity index (χ3v) is 3.71. The SMILES string of the molecule is COc1ccc(CCNC(=O)CNC(=O)c2ccccc2F)cc1OC. The smallest absolute Gasteiger partial charge is 0.254 e. The maximum atomic E-state index is 13.5. The fraction of sp³-hybridized carbons (Fsp3) is 0.263. The Morgan fingerprint density at radius 1 is 1.00 bits per heavy atom. The Morgan fingerprint density at radius 2 is 1.73 bits per heavy atom. The molecule has 0 heterocycles. The number of amides is 2. The number of rotatable bonds is 8. The van der Waals surface area contributed by atoms with Crippen LogP contribution < -0.4 is 20.1 Å². The number of ether oxygens (including phenoxy) is 2. The van der Waals surface area contributed by atoms with Crippen LogP contribution in [0.4, 0.5) is 4.39 Å². The lowest BCUT2D eigenvalue weighted by molar-refractivity contribution is -0.120. The Hall–Kier alpha value is -3.09. The van der Waals surface area contributed by atoms with Gasteiger partial charge < -0.3 is 20.1 Å². The van der Waals surface area contributed by atoms with Crippen LogP contribution in [0.2, 0.25) is 0 Å². The Labute approximate surface area is 151 Å². The molecule has 26 heavy (non-hydrogen) atoms. The van der Waals surface area contributed by atoms with Crippen molar-refractivity contribution in [3.63, 3.8) is 0 Å². The van der Waals surface area contributed by atoms with E-state index in [0.717, 1.165) is 5.56 Å². The topological polar surface area (TPSA) is 76.7 Å². The van der Waals surface area contributed by atoms with Gasteiger partial charge >= 0.3 is 0 Å². The van der Waals surface area contributed by atoms with Crippen molar-refractivity contribution in [1.82, 2.24) is 10.6 Å². The van der Waals surface area contributed by atoms with E-state index in [9.17, 15) is 14.0 Å². The zero-order valence-corrected chi connectivity index (χ0v) is 14.7. The van der Waals surface area contributed by atoms with E-state index in [2.05, 4.69) is 10.6 Å². The molecular weight excluding hydrogens is 339 g/mol. The molecule has 0 unspecified atom stereocenters. The second-order valence-corrected chi connectivity index (χ2v) is 5.45. The van der Waals surface area contributed by atoms with Crippen LogP contribution in [0, 0.1) is 5.82 Å². The maximum absolute atomic E-state index is 13.5. The van der Waals surface area contributed by atoms with Gasteiger partial charge in [0.2, 0.25) is 5.91 Å². The summed E-state index contributed by atoms with van der Waals surface area (Å²) in [6.07, 6.45) is 0.591. The summed E-state index contributed by atoms with van der Waals surface area (Å²) in [5.41, 5.74) is 0.879. The van der Waals surface area contributed by atoms with Crippen molar-refractivity contribution >= 4 is 11.8 Å². The molecule has 7 heteroatoms. The van der Waals surface area contributed by atoms with E-state index in [4.69, 9.17) is 9.47 Å². The molecule has 0 fully saturated rings. The van der Waals surface area contributed by atoms with Gasteiger partial charge in [0.05, 0.1) is 26.3 Å². The average Bonchev–Trinajstić information content (AvgIpc) is 2.66. The lowest BCUT2D eigenvalue weighted by Crippen LogP contribution is -2.37. The van der Waals surface area contributed by atoms with Crippen LogP contribution in [-0.2, 0) is 11.2 Å². The number of hydrogen-bond donors (Lipinski definition) is 2. The number of halogens is 1. The van der Waals surface area contributed by atoms with Crippen LogP contribution in [0.5, 0.6) is 11.5 Å². The number of carbonyl (C=O) groups is 2. The van der Waals surface area contributed by atoms with Crippen LogP contribution in [0.15, 0.2) is 42.5 Å². The fourth-order valence-corrected chi connectivity index (χ4v) is 2.35. The van der Waals surface area contributed by atoms with Gasteiger partial charge in [0.1, 0.15) is 5.82 Å². The van der Waals surface area contributed by atoms with Crippen molar-refractivity contribution < 1.29 is 23.5 Å². The second-order valence-electron chi connectivity index (χ2n) is 5.45. The molecule has 0 radical (unpaired) electrons. The Kier molecular flexibility index (Phi) is 6.96. The van der Waals surface area contributed by atoms with E-state index in [0.29, 0.717) is 24.5 Å². The first-order valence-corrected chi connectivity index (χ1v) is 8.05. The first-order valence-electron chi connectivity index (χ1n) is 8.05. The van der Waals surface area contributed by atoms with Gasteiger partial charge in [0.15, 0.2) is 11.5 Å². The van der Waals surface area contributed by atoms with Gasteiger partial charge in [-0.2, -0.15) is 0 Å². The lowest BCUT2D eigenvalue weighted by atomic mass is 10.1. The summed E-state index contributed by atoms with van der Waals surface area (Å²) in [4.78, 5) is 23.7. The van der Waals surface area contributed by atoms with Gasteiger partial charge in [-0.15, -0.1) is 0 Å². The van der Waals surface area contributed by atoms with Gasteiger partial charge in [-0.3, -0.25) is 9.59 Å². The number of nitrogens with one attached hydrogen (secondary N) is 2. The van der Waals surface area contributed by atoms with E-state index < -0.39 is 11.7 Å². The predicted octanol–water partition coefficient (Wildman–Crippen LogP) is 1.93. The normalized spacial score (nSPS) is 10.1. The third-order valence-electron chi connectivity index (χ3n) is 3.71. The molecular formula is C19H21FN2O4. The summed E-state index contributed by atoms with van der Waals surface area (Å²) in [7, 11) is 3.12. The highest BCUT2D eigenvalue weighted by molar-refractivity contribution is 5.96. The Morgan fingerprint density at radius 3 is 2.42 bits per heavy atom. The Bertz CT molecular complexity index is 780. The van der Waals surface area contributed by atoms with E-state index in [1.54, 1.807) is 26.4 Å². The largest absolute Gasteiger partial charge is 0.493 e. The maximum Gasteiger partial charge on any atom is 0.254 e. The van der Waals surface area contributed by atoms with E-state index in [1.165, 1.54) is 18.2 Å². The molecule has 2 rings (SSSR count). The van der Waals surface area contributed by atoms with Gasteiger partial charge in [0.25, 0.3) is 5.91 Å². The van der Waals surface area contributed by atoms with Crippen LogP contribution >= 0.6 is 0 Å². The molecule has 2 aromatic rings. The molecule has 0 aliphatic rings. The quantitative estimate of drug-likeness (QED) is 0.754. The minimum Gasteiger partial charge on any atom is -0.493 e. The van der Waals surface area contributed by atoms with E-state index >= 15 is 0 Å². The molecule has 2 N–H and O–H groups in total. The number of benzene rings is 2. The molecule has 2 aromatic carbocycles. The van der Waals surface area contributed by atoms with Crippen LogP contribution in [0.1, 0.15) is 15.9 Å². The summed E-state index contributed by atoms with van der Waals surface area (Å²) in [5.74, 6) is -0.350. The van der Waals surface area contributed by atoms with Crippen molar-refractivity contribution in [1.29, 1.82) is 0 Å². The van der Waals surface area contributed by atoms with Gasteiger partial charge in [-0.1, -0.05) is 18.2 Å². The monoisotopic (exact) mass is 360 g/mol. The highest BCUT2D eigenvalue weighted by Gasteiger charge is 2.12. The number of hydrogen-bond acceptors (Lipinski definition) is 4. The average molecular weight is 360 g/mol. The molecule has 0 aromatic heterocycles. The van der Waals surface area contributed by atoms with Gasteiger partial charge in [0, 0.05) is 6.54 Å². The highest BCUT2D eigenvalue weighted by Crippen LogP contribution is 2.27. The molecule has 2 amide bonds. The van der Waals surface area contributed by atoms with Crippen molar-refractivity contribution in [2.45, 2.75) is 6.42 Å². The minimum absolute atomic E-state index is 0.0920. The summed E-state index contributed by atoms with van der Waals surface area (Å²) in [6, 6.07) is 11.1. The predicted molar refractivity (Wildman–Crippen MR) is 95.0 cm³/mol. The lowest BCUT2D eigenvalue weighted by Gasteiger charge is -2.10. The molecule has 0 aliphatic heterocycles. The molecule has 0 bridgehead atoms. The third kappa shape index (κ3) is 5.20. The fourth-order valence-electron chi connectivity index (χ4n) is 2.35. The van der Waals surface area contributed by atoms with Crippen LogP contribution in [0.3, 0.4) is 0 Å². The molecule has 0 saturated heterocycles. The second kappa shape index (κ2) is 9.41. The molecule has 6 nitrogen and oxygen atoms in total. The highest BCUT2D eigenvalue weighted by atomic mass is 19.1. The van der Waals surface area contributed by atoms with Crippen LogP contribution in [0.25, 0.3) is 0 Å². The molecule has 0 aliphatic carbocycles. The van der Waals surface area contributed by atoms with Gasteiger partial charge in [-0.05, 0) is 36.2 Å². The molecule has 0 atom stereocenters. The zero-order chi connectivity index (χ0) is 18.9. The molecule has 0 saturated carbocycles. The number of carbonyl (C=O) groups excluding carboxylic acids is 2. The molecule has 138 valence electrons. The number of methoxy groups -OCH3 is 2. The zero-order valence-electron chi connectivity index (χ0n) is 14.7. The first kappa shape index (κ1) is 19.2. The van der Waals surface area contributed by atoms with Crippen LogP contribution in [-0.4, -0.2) is 39.1 Å². The summed E-state index contributed by atoms with van der Waals surface area (Å²) >= 11 is 0. The van der Waals surface area contributed by atoms with Crippen molar-refractivity contribution in [2.24, 2.45) is 0 Å². The Balaban J connectivity index is 1.77. The van der Waals surface area contributed by atoms with Crippen molar-refractivity contribution in [3.8, 4) is 11.5 Å². The first-order chi connectivity index (χ1) is 12.5. The summed E-state index contributed by atoms with van der Waals surface area (Å²) in [5, 5.41) is 5.09. The van der Waals surface area contributed by atoms with Crippen molar-refractivity contribution in [3.05, 3.63) is 59.4 Å². The molecule has 0 spiro atoms. The summed E-state index contributed by atoms with van der Waals surface area (Å²) in [6.45, 7) is 0.170. The summed E-state index contributed by atoms with van der Waals surface area (Å²) < 4.78 is 23.9. The van der Waals surface area contributed by atoms with Crippen molar-refractivity contribution in [2.75, 3.05) is 27.3 Å². The van der Waals surface area contributed by atoms with E-state index in [1.807, 2.05) is 12.1 Å². The van der Waals surface area contributed by atoms with E-state index in [-0.39, 0.29) is 18.0 Å².